The van der Waals surface area contributed by atoms with Crippen LogP contribution in [0.15, 0.2) is 23.2 Å². The first kappa shape index (κ1) is 20.8. The molecule has 0 atom stereocenters. The van der Waals surface area contributed by atoms with E-state index in [-0.39, 0.29) is 24.0 Å². The molecule has 0 aliphatic heterocycles. The molecule has 0 saturated heterocycles. The summed E-state index contributed by atoms with van der Waals surface area (Å²) in [6.45, 7) is 4.78. The lowest BCUT2D eigenvalue weighted by Crippen LogP contribution is -2.39. The number of guanidine groups is 1. The maximum atomic E-state index is 6.12. The van der Waals surface area contributed by atoms with E-state index < -0.39 is 0 Å². The first-order valence-corrected chi connectivity index (χ1v) is 7.39. The zero-order valence-electron chi connectivity index (χ0n) is 12.3. The van der Waals surface area contributed by atoms with Crippen molar-refractivity contribution in [3.05, 3.63) is 33.8 Å². The first-order valence-electron chi connectivity index (χ1n) is 6.64. The molecule has 0 aliphatic carbocycles. The number of aliphatic imine (C=N–C) groups is 1. The lowest BCUT2D eigenvalue weighted by molar-refractivity contribution is 0.152. The van der Waals surface area contributed by atoms with Crippen molar-refractivity contribution in [3.63, 3.8) is 0 Å². The normalized spacial score (nSPS) is 11.0. The van der Waals surface area contributed by atoms with Crippen molar-refractivity contribution in [2.75, 3.05) is 33.4 Å². The van der Waals surface area contributed by atoms with Gasteiger partial charge < -0.3 is 15.4 Å². The Morgan fingerprint density at radius 3 is 2.38 bits per heavy atom. The van der Waals surface area contributed by atoms with Gasteiger partial charge in [-0.15, -0.1) is 24.0 Å². The summed E-state index contributed by atoms with van der Waals surface area (Å²) in [4.78, 5) is 4.13. The predicted octanol–water partition coefficient (Wildman–Crippen LogP) is 3.36. The Bertz CT molecular complexity index is 424. The van der Waals surface area contributed by atoms with Crippen LogP contribution in [0.4, 0.5) is 0 Å². The van der Waals surface area contributed by atoms with Crippen molar-refractivity contribution in [1.82, 2.24) is 10.6 Å². The van der Waals surface area contributed by atoms with E-state index in [4.69, 9.17) is 27.9 Å². The van der Waals surface area contributed by atoms with Crippen LogP contribution in [0.2, 0.25) is 10.0 Å². The van der Waals surface area contributed by atoms with E-state index in [2.05, 4.69) is 15.6 Å². The summed E-state index contributed by atoms with van der Waals surface area (Å²) in [5.41, 5.74) is 0.952. The molecule has 0 aliphatic rings. The number of ether oxygens (including phenoxy) is 1. The topological polar surface area (TPSA) is 45.6 Å². The van der Waals surface area contributed by atoms with E-state index in [1.165, 1.54) is 0 Å². The van der Waals surface area contributed by atoms with Crippen LogP contribution >= 0.6 is 47.2 Å². The van der Waals surface area contributed by atoms with Crippen molar-refractivity contribution in [1.29, 1.82) is 0 Å². The summed E-state index contributed by atoms with van der Waals surface area (Å²) in [5.74, 6) is 0.743. The van der Waals surface area contributed by atoms with E-state index in [1.807, 2.05) is 25.1 Å². The fourth-order valence-corrected chi connectivity index (χ4v) is 2.27. The summed E-state index contributed by atoms with van der Waals surface area (Å²) in [6.07, 6.45) is 0.741. The van der Waals surface area contributed by atoms with Crippen LogP contribution in [0.1, 0.15) is 12.5 Å². The van der Waals surface area contributed by atoms with E-state index >= 15 is 0 Å². The van der Waals surface area contributed by atoms with Crippen LogP contribution in [0, 0.1) is 0 Å². The summed E-state index contributed by atoms with van der Waals surface area (Å²) in [5, 5.41) is 7.77. The number of benzene rings is 1. The molecule has 4 nitrogen and oxygen atoms in total. The Kier molecular flexibility index (Phi) is 12.2. The summed E-state index contributed by atoms with van der Waals surface area (Å²) in [7, 11) is 1.73. The lowest BCUT2D eigenvalue weighted by atomic mass is 10.1. The molecular formula is C14H22Cl2IN3O. The van der Waals surface area contributed by atoms with Gasteiger partial charge in [-0.05, 0) is 31.0 Å². The number of halogens is 3. The van der Waals surface area contributed by atoms with Crippen molar-refractivity contribution in [3.8, 4) is 0 Å². The average Bonchev–Trinajstić information content (AvgIpc) is 2.44. The van der Waals surface area contributed by atoms with Crippen LogP contribution in [-0.2, 0) is 11.2 Å². The second kappa shape index (κ2) is 12.3. The Balaban J connectivity index is 0.00000400. The van der Waals surface area contributed by atoms with E-state index in [0.717, 1.165) is 31.1 Å². The molecule has 2 N–H and O–H groups in total. The van der Waals surface area contributed by atoms with Crippen molar-refractivity contribution < 1.29 is 4.74 Å². The number of hydrogen-bond donors (Lipinski definition) is 2. The molecule has 0 aromatic heterocycles. The molecule has 7 heteroatoms. The zero-order chi connectivity index (χ0) is 14.8. The fraction of sp³-hybridized carbons (Fsp3) is 0.500. The summed E-state index contributed by atoms with van der Waals surface area (Å²) < 4.78 is 5.25. The van der Waals surface area contributed by atoms with Gasteiger partial charge >= 0.3 is 0 Å². The standard InChI is InChI=1S/C14H21Cl2N3O.HI/c1-3-20-10-9-19-14(17-2)18-8-7-11-12(15)5-4-6-13(11)16;/h4-6H,3,7-10H2,1-2H3,(H2,17,18,19);1H. The maximum Gasteiger partial charge on any atom is 0.191 e. The van der Waals surface area contributed by atoms with Gasteiger partial charge in [-0.3, -0.25) is 4.99 Å². The van der Waals surface area contributed by atoms with Gasteiger partial charge in [0.2, 0.25) is 0 Å². The Morgan fingerprint density at radius 1 is 1.19 bits per heavy atom. The molecule has 1 aromatic rings. The molecule has 0 bridgehead atoms. The minimum Gasteiger partial charge on any atom is -0.380 e. The van der Waals surface area contributed by atoms with Gasteiger partial charge in [-0.25, -0.2) is 0 Å². The van der Waals surface area contributed by atoms with Gasteiger partial charge in [0.1, 0.15) is 0 Å². The Hall–Kier alpha value is -0.240. The largest absolute Gasteiger partial charge is 0.380 e. The number of hydrogen-bond acceptors (Lipinski definition) is 2. The van der Waals surface area contributed by atoms with Crippen LogP contribution in [-0.4, -0.2) is 39.3 Å². The van der Waals surface area contributed by atoms with Crippen LogP contribution in [0.5, 0.6) is 0 Å². The molecular weight excluding hydrogens is 424 g/mol. The highest BCUT2D eigenvalue weighted by molar-refractivity contribution is 14.0. The van der Waals surface area contributed by atoms with Crippen molar-refractivity contribution in [2.24, 2.45) is 4.99 Å². The Morgan fingerprint density at radius 2 is 1.81 bits per heavy atom. The minimum absolute atomic E-state index is 0. The van der Waals surface area contributed by atoms with Crippen LogP contribution < -0.4 is 10.6 Å². The monoisotopic (exact) mass is 445 g/mol. The Labute approximate surface area is 153 Å². The van der Waals surface area contributed by atoms with Gasteiger partial charge in [0, 0.05) is 36.8 Å². The molecule has 120 valence electrons. The quantitative estimate of drug-likeness (QED) is 0.293. The predicted molar refractivity (Wildman–Crippen MR) is 101 cm³/mol. The highest BCUT2D eigenvalue weighted by Gasteiger charge is 2.05. The van der Waals surface area contributed by atoms with E-state index in [0.29, 0.717) is 23.2 Å². The smallest absolute Gasteiger partial charge is 0.191 e. The van der Waals surface area contributed by atoms with Crippen molar-refractivity contribution >= 4 is 53.1 Å². The second-order valence-electron chi connectivity index (χ2n) is 4.07. The van der Waals surface area contributed by atoms with Crippen molar-refractivity contribution in [2.45, 2.75) is 13.3 Å². The van der Waals surface area contributed by atoms with Gasteiger partial charge in [0.15, 0.2) is 5.96 Å². The molecule has 1 rings (SSSR count). The average molecular weight is 446 g/mol. The summed E-state index contributed by atoms with van der Waals surface area (Å²) in [6, 6.07) is 5.53. The molecule has 0 unspecified atom stereocenters. The molecule has 21 heavy (non-hydrogen) atoms. The van der Waals surface area contributed by atoms with Crippen LogP contribution in [0.3, 0.4) is 0 Å². The molecule has 0 fully saturated rings. The third-order valence-electron chi connectivity index (χ3n) is 2.70. The molecule has 0 spiro atoms. The molecule has 0 heterocycles. The van der Waals surface area contributed by atoms with E-state index in [1.54, 1.807) is 7.05 Å². The van der Waals surface area contributed by atoms with E-state index in [9.17, 15) is 0 Å². The SMILES string of the molecule is CCOCCNC(=NC)NCCc1c(Cl)cccc1Cl.I. The molecule has 1 aromatic carbocycles. The van der Waals surface area contributed by atoms with Gasteiger partial charge in [0.25, 0.3) is 0 Å². The highest BCUT2D eigenvalue weighted by Crippen LogP contribution is 2.24. The second-order valence-corrected chi connectivity index (χ2v) is 4.89. The first-order chi connectivity index (χ1) is 9.69. The molecule has 0 saturated carbocycles. The zero-order valence-corrected chi connectivity index (χ0v) is 16.1. The van der Waals surface area contributed by atoms with Gasteiger partial charge in [-0.2, -0.15) is 0 Å². The number of nitrogens with zero attached hydrogens (tertiary/aromatic N) is 1. The third kappa shape index (κ3) is 8.09. The third-order valence-corrected chi connectivity index (χ3v) is 3.40. The molecule has 0 amide bonds. The summed E-state index contributed by atoms with van der Waals surface area (Å²) >= 11 is 12.2. The molecule has 0 radical (unpaired) electrons. The highest BCUT2D eigenvalue weighted by atomic mass is 127. The van der Waals surface area contributed by atoms with Gasteiger partial charge in [-0.1, -0.05) is 29.3 Å². The fourth-order valence-electron chi connectivity index (χ4n) is 1.68. The minimum atomic E-state index is 0. The lowest BCUT2D eigenvalue weighted by Gasteiger charge is -2.12. The number of nitrogens with one attached hydrogen (secondary N) is 2. The van der Waals surface area contributed by atoms with Crippen LogP contribution in [0.25, 0.3) is 0 Å². The van der Waals surface area contributed by atoms with Gasteiger partial charge in [0.05, 0.1) is 6.61 Å². The maximum absolute atomic E-state index is 6.12. The number of rotatable bonds is 7.